The summed E-state index contributed by atoms with van der Waals surface area (Å²) in [4.78, 5) is 18.3. The summed E-state index contributed by atoms with van der Waals surface area (Å²) in [5.41, 5.74) is 0.789. The summed E-state index contributed by atoms with van der Waals surface area (Å²) in [6.45, 7) is 2.35. The number of fused-ring (bicyclic) bond motifs is 1. The lowest BCUT2D eigenvalue weighted by Crippen LogP contribution is -2.44. The van der Waals surface area contributed by atoms with Crippen LogP contribution in [0.3, 0.4) is 0 Å². The minimum absolute atomic E-state index is 0.0276. The first-order valence-corrected chi connectivity index (χ1v) is 12.4. The zero-order valence-corrected chi connectivity index (χ0v) is 19.2. The Balaban J connectivity index is 1.40. The van der Waals surface area contributed by atoms with Crippen molar-refractivity contribution < 1.29 is 24.1 Å². The molecule has 1 aromatic carbocycles. The van der Waals surface area contributed by atoms with Gasteiger partial charge in [-0.1, -0.05) is 0 Å². The van der Waals surface area contributed by atoms with Gasteiger partial charge in [0.2, 0.25) is 0 Å². The van der Waals surface area contributed by atoms with Gasteiger partial charge in [0.25, 0.3) is 0 Å². The molecule has 1 aromatic heterocycles. The third-order valence-corrected chi connectivity index (χ3v) is 8.02. The van der Waals surface area contributed by atoms with E-state index in [0.29, 0.717) is 36.0 Å². The fraction of sp³-hybridized carbons (Fsp3) is 0.583. The Kier molecular flexibility index (Phi) is 7.53. The molecule has 1 aliphatic heterocycles. The number of aliphatic hydroxyl groups is 1. The van der Waals surface area contributed by atoms with E-state index >= 15 is 0 Å². The highest BCUT2D eigenvalue weighted by Gasteiger charge is 2.35. The van der Waals surface area contributed by atoms with E-state index in [0.717, 1.165) is 36.7 Å². The largest absolute Gasteiger partial charge is 0.497 e. The number of piperidine rings is 1. The van der Waals surface area contributed by atoms with Crippen LogP contribution in [0.4, 0.5) is 4.39 Å². The number of aliphatic carboxylic acids is 1. The lowest BCUT2D eigenvalue weighted by Gasteiger charge is -2.37. The number of benzene rings is 1. The van der Waals surface area contributed by atoms with Gasteiger partial charge < -0.3 is 19.8 Å². The van der Waals surface area contributed by atoms with Crippen LogP contribution in [0.5, 0.6) is 5.75 Å². The topological polar surface area (TPSA) is 82.9 Å². The molecule has 2 aliphatic rings. The summed E-state index contributed by atoms with van der Waals surface area (Å²) in [5, 5.41) is 22.0. The van der Waals surface area contributed by atoms with Gasteiger partial charge >= 0.3 is 5.97 Å². The van der Waals surface area contributed by atoms with Crippen molar-refractivity contribution >= 4 is 28.6 Å². The monoisotopic (exact) mass is 462 g/mol. The second-order valence-corrected chi connectivity index (χ2v) is 10.3. The molecule has 2 heterocycles. The second kappa shape index (κ2) is 10.4. The van der Waals surface area contributed by atoms with Gasteiger partial charge in [0.15, 0.2) is 0 Å². The molecule has 1 saturated heterocycles. The van der Waals surface area contributed by atoms with Crippen molar-refractivity contribution in [1.82, 2.24) is 9.88 Å². The van der Waals surface area contributed by atoms with E-state index in [4.69, 9.17) is 4.74 Å². The normalized spacial score (nSPS) is 22.7. The first kappa shape index (κ1) is 23.3. The molecular formula is C24H31FN2O4S. The molecule has 4 rings (SSSR count). The molecule has 2 fully saturated rings. The number of pyridine rings is 1. The van der Waals surface area contributed by atoms with E-state index in [2.05, 4.69) is 9.88 Å². The Morgan fingerprint density at radius 2 is 2.19 bits per heavy atom. The van der Waals surface area contributed by atoms with Crippen molar-refractivity contribution in [2.75, 3.05) is 32.5 Å². The molecule has 3 unspecified atom stereocenters. The summed E-state index contributed by atoms with van der Waals surface area (Å²) in [6.07, 6.45) is 4.35. The van der Waals surface area contributed by atoms with Crippen molar-refractivity contribution in [2.24, 2.45) is 11.8 Å². The van der Waals surface area contributed by atoms with Crippen molar-refractivity contribution in [3.05, 3.63) is 35.8 Å². The number of ether oxygens (including phenoxy) is 1. The predicted molar refractivity (Wildman–Crippen MR) is 124 cm³/mol. The summed E-state index contributed by atoms with van der Waals surface area (Å²) >= 11 is 1.99. The van der Waals surface area contributed by atoms with Gasteiger partial charge in [-0.2, -0.15) is 11.8 Å². The highest BCUT2D eigenvalue weighted by atomic mass is 32.2. The average molecular weight is 463 g/mol. The Morgan fingerprint density at radius 3 is 2.91 bits per heavy atom. The van der Waals surface area contributed by atoms with Gasteiger partial charge in [0, 0.05) is 35.0 Å². The van der Waals surface area contributed by atoms with E-state index in [-0.39, 0.29) is 11.5 Å². The van der Waals surface area contributed by atoms with Gasteiger partial charge in [-0.05, 0) is 62.8 Å². The van der Waals surface area contributed by atoms with Crippen molar-refractivity contribution in [2.45, 2.75) is 43.5 Å². The van der Waals surface area contributed by atoms with Gasteiger partial charge in [0.05, 0.1) is 30.8 Å². The van der Waals surface area contributed by atoms with Gasteiger partial charge in [0.1, 0.15) is 11.6 Å². The maximum Gasteiger partial charge on any atom is 0.308 e. The standard InChI is InChI=1S/C24H31FN2O4S/c1-31-16-3-6-21-18(12-16)23(20(25)13-26-21)22(28)7-2-15-8-9-27(14-19(15)24(29)30)10-11-32-17-4-5-17/h3,6,12-13,15,17,19,22,28H,2,4-5,7-11,14H2,1H3,(H,29,30). The number of nitrogens with zero attached hydrogens (tertiary/aromatic N) is 2. The Morgan fingerprint density at radius 1 is 1.38 bits per heavy atom. The fourth-order valence-electron chi connectivity index (χ4n) is 4.63. The van der Waals surface area contributed by atoms with Crippen LogP contribution < -0.4 is 4.74 Å². The molecule has 0 spiro atoms. The van der Waals surface area contributed by atoms with Crippen LogP contribution in [0.15, 0.2) is 24.4 Å². The number of rotatable bonds is 10. The number of carboxylic acids is 1. The van der Waals surface area contributed by atoms with E-state index in [1.165, 1.54) is 20.0 Å². The van der Waals surface area contributed by atoms with Crippen LogP contribution in [-0.4, -0.2) is 63.8 Å². The molecular weight excluding hydrogens is 431 g/mol. The van der Waals surface area contributed by atoms with E-state index in [1.54, 1.807) is 18.2 Å². The number of aliphatic hydroxyl groups excluding tert-OH is 1. The molecule has 8 heteroatoms. The molecule has 1 saturated carbocycles. The number of likely N-dealkylation sites (tertiary alicyclic amines) is 1. The van der Waals surface area contributed by atoms with Crippen molar-refractivity contribution in [3.63, 3.8) is 0 Å². The summed E-state index contributed by atoms with van der Waals surface area (Å²) in [6, 6.07) is 5.17. The van der Waals surface area contributed by atoms with E-state index in [1.807, 2.05) is 11.8 Å². The molecule has 0 amide bonds. The van der Waals surface area contributed by atoms with Crippen LogP contribution in [0.25, 0.3) is 10.9 Å². The Hall–Kier alpha value is -1.90. The summed E-state index contributed by atoms with van der Waals surface area (Å²) < 4.78 is 19.9. The number of thioether (sulfide) groups is 1. The van der Waals surface area contributed by atoms with Gasteiger partial charge in [-0.15, -0.1) is 0 Å². The molecule has 0 radical (unpaired) electrons. The lowest BCUT2D eigenvalue weighted by atomic mass is 9.81. The molecule has 0 bridgehead atoms. The second-order valence-electron chi connectivity index (χ2n) is 8.86. The number of methoxy groups -OCH3 is 1. The van der Waals surface area contributed by atoms with Crippen molar-refractivity contribution in [3.8, 4) is 5.75 Å². The summed E-state index contributed by atoms with van der Waals surface area (Å²) in [7, 11) is 1.53. The van der Waals surface area contributed by atoms with Gasteiger partial charge in [-0.25, -0.2) is 4.39 Å². The lowest BCUT2D eigenvalue weighted by molar-refractivity contribution is -0.146. The first-order valence-electron chi connectivity index (χ1n) is 11.3. The van der Waals surface area contributed by atoms with Gasteiger partial charge in [-0.3, -0.25) is 9.78 Å². The molecule has 6 nitrogen and oxygen atoms in total. The number of carboxylic acid groups (broad SMARTS) is 1. The first-order chi connectivity index (χ1) is 15.5. The molecule has 1 aliphatic carbocycles. The number of hydrogen-bond acceptors (Lipinski definition) is 6. The number of carbonyl (C=O) groups is 1. The van der Waals surface area contributed by atoms with Crippen LogP contribution in [-0.2, 0) is 4.79 Å². The number of halogens is 1. The van der Waals surface area contributed by atoms with E-state index in [9.17, 15) is 19.4 Å². The predicted octanol–water partition coefficient (Wildman–Crippen LogP) is 4.11. The number of hydrogen-bond donors (Lipinski definition) is 2. The van der Waals surface area contributed by atoms with Crippen LogP contribution in [0, 0.1) is 17.7 Å². The molecule has 32 heavy (non-hydrogen) atoms. The third kappa shape index (κ3) is 5.53. The average Bonchev–Trinajstić information content (AvgIpc) is 3.61. The third-order valence-electron chi connectivity index (χ3n) is 6.65. The van der Waals surface area contributed by atoms with E-state index < -0.39 is 23.8 Å². The quantitative estimate of drug-likeness (QED) is 0.550. The maximum atomic E-state index is 14.6. The molecule has 174 valence electrons. The zero-order valence-electron chi connectivity index (χ0n) is 18.4. The molecule has 2 N–H and O–H groups in total. The minimum Gasteiger partial charge on any atom is -0.497 e. The zero-order chi connectivity index (χ0) is 22.7. The smallest absolute Gasteiger partial charge is 0.308 e. The van der Waals surface area contributed by atoms with Crippen LogP contribution in [0.1, 0.15) is 43.8 Å². The Bertz CT molecular complexity index is 955. The highest BCUT2D eigenvalue weighted by molar-refractivity contribution is 8.00. The SMILES string of the molecule is COc1ccc2ncc(F)c(C(O)CCC3CCN(CCSC4CC4)CC3C(=O)O)c2c1. The minimum atomic E-state index is -1.03. The number of aromatic nitrogens is 1. The molecule has 2 aromatic rings. The summed E-state index contributed by atoms with van der Waals surface area (Å²) in [5.74, 6) is -0.207. The highest BCUT2D eigenvalue weighted by Crippen LogP contribution is 2.36. The van der Waals surface area contributed by atoms with Crippen molar-refractivity contribution in [1.29, 1.82) is 0 Å². The van der Waals surface area contributed by atoms with Crippen LogP contribution >= 0.6 is 11.8 Å². The molecule has 3 atom stereocenters. The maximum absolute atomic E-state index is 14.6. The van der Waals surface area contributed by atoms with Crippen LogP contribution in [0.2, 0.25) is 0 Å². The fourth-order valence-corrected chi connectivity index (χ4v) is 5.80. The Labute approximate surface area is 192 Å².